The van der Waals surface area contributed by atoms with E-state index in [1.54, 1.807) is 37.3 Å². The Labute approximate surface area is 330 Å². The number of carbonyl (C=O) groups excluding carboxylic acids is 3. The summed E-state index contributed by atoms with van der Waals surface area (Å²) >= 11 is 0. The Morgan fingerprint density at radius 3 is 2.41 bits per heavy atom. The Morgan fingerprint density at radius 2 is 1.75 bits per heavy atom. The third kappa shape index (κ3) is 6.28. The molecule has 2 heterocycles. The molecule has 10 nitrogen and oxygen atoms in total. The molecule has 8 rings (SSSR count). The number of methoxy groups -OCH3 is 2. The number of rotatable bonds is 9. The number of benzene rings is 2. The summed E-state index contributed by atoms with van der Waals surface area (Å²) in [7, 11) is 3.15. The fourth-order valence-electron chi connectivity index (χ4n) is 10.4. The van der Waals surface area contributed by atoms with E-state index in [1.807, 2.05) is 51.1 Å². The van der Waals surface area contributed by atoms with Crippen LogP contribution in [0.5, 0.6) is 11.5 Å². The second kappa shape index (κ2) is 14.5. The normalized spacial score (nSPS) is 30.9. The molecule has 0 unspecified atom stereocenters. The molecule has 0 radical (unpaired) electrons. The number of carbonyl (C=O) groups is 3. The van der Waals surface area contributed by atoms with Crippen LogP contribution in [-0.2, 0) is 27.3 Å². The fourth-order valence-corrected chi connectivity index (χ4v) is 10.4. The monoisotopic (exact) mass is 767 g/mol. The van der Waals surface area contributed by atoms with E-state index in [4.69, 9.17) is 18.6 Å². The van der Waals surface area contributed by atoms with Crippen molar-refractivity contribution in [3.63, 3.8) is 0 Å². The number of allylic oxidation sites excluding steroid dienone is 2. The molecule has 3 aromatic rings. The molecule has 1 aliphatic heterocycles. The van der Waals surface area contributed by atoms with Crippen LogP contribution < -0.4 is 9.47 Å². The molecule has 1 aromatic heterocycles. The van der Waals surface area contributed by atoms with E-state index in [0.717, 1.165) is 23.1 Å². The van der Waals surface area contributed by atoms with E-state index in [1.165, 1.54) is 11.8 Å². The zero-order chi connectivity index (χ0) is 40.3. The van der Waals surface area contributed by atoms with Gasteiger partial charge >= 0.3 is 5.97 Å². The van der Waals surface area contributed by atoms with Gasteiger partial charge in [0, 0.05) is 34.6 Å². The molecule has 2 N–H and O–H groups in total. The summed E-state index contributed by atoms with van der Waals surface area (Å²) in [4.78, 5) is 44.7. The second-order valence-corrected chi connectivity index (χ2v) is 17.8. The highest BCUT2D eigenvalue weighted by Gasteiger charge is 2.76. The van der Waals surface area contributed by atoms with Crippen molar-refractivity contribution in [3.8, 4) is 11.5 Å². The zero-order valence-corrected chi connectivity index (χ0v) is 33.9. The van der Waals surface area contributed by atoms with Gasteiger partial charge in [0.25, 0.3) is 5.91 Å². The number of hydrogen-bond donors (Lipinski definition) is 2. The van der Waals surface area contributed by atoms with Gasteiger partial charge in [-0.2, -0.15) is 0 Å². The molecule has 56 heavy (non-hydrogen) atoms. The number of aliphatic hydroxyl groups is 2. The summed E-state index contributed by atoms with van der Waals surface area (Å²) in [6.07, 6.45) is 7.91. The predicted octanol–water partition coefficient (Wildman–Crippen LogP) is 7.72. The molecule has 1 saturated heterocycles. The minimum absolute atomic E-state index is 0.0332. The SMILES string of the molecule is COc1ccc(CN(C[C@]2(O)CC[C@H]3c4ccc(cc4C(=O)c4ccco4)C[C@@H](O)CCC(C)=CCC[C@@]32C)C(=O)[C@@]23CC[C@@](C)(C(=O)O2)C3(C)C)c(OC)c1. The summed E-state index contributed by atoms with van der Waals surface area (Å²) in [6.45, 7) is 10.0. The molecule has 2 aromatic carbocycles. The van der Waals surface area contributed by atoms with Gasteiger partial charge in [-0.25, -0.2) is 0 Å². The largest absolute Gasteiger partial charge is 0.497 e. The van der Waals surface area contributed by atoms with E-state index >= 15 is 4.79 Å². The first-order chi connectivity index (χ1) is 26.5. The number of amides is 1. The molecule has 1 amide bonds. The van der Waals surface area contributed by atoms with Gasteiger partial charge < -0.3 is 33.7 Å². The lowest BCUT2D eigenvalue weighted by Crippen LogP contribution is -2.60. The summed E-state index contributed by atoms with van der Waals surface area (Å²) in [6, 6.07) is 14.7. The van der Waals surface area contributed by atoms with Crippen molar-refractivity contribution in [2.24, 2.45) is 16.2 Å². The summed E-state index contributed by atoms with van der Waals surface area (Å²) in [5, 5.41) is 24.3. The van der Waals surface area contributed by atoms with E-state index in [0.29, 0.717) is 68.4 Å². The van der Waals surface area contributed by atoms with Crippen molar-refractivity contribution in [1.29, 1.82) is 0 Å². The number of esters is 1. The standard InChI is InChI=1S/C46H57NO9/c1-29-10-8-19-43(4)36(34-17-13-30(24-32(48)15-12-29)25-35(34)39(49)37-11-9-23-55-37)18-20-45(43,52)28-47(27-31-14-16-33(53-6)26-38(31)54-7)40(50)46-22-21-44(5,41(51)56-46)42(46,2)3/h9-11,13-14,16-17,23,25-26,32,36,48,52H,8,12,15,18-22,24,27-28H2,1-7H3/t32-,36-,43-,44-,45+,46+/m0/s1. The lowest BCUT2D eigenvalue weighted by Gasteiger charge is -2.47. The number of aliphatic hydroxyl groups excluding tert-OH is 1. The van der Waals surface area contributed by atoms with Crippen LogP contribution in [0.15, 0.2) is 70.9 Å². The molecule has 2 saturated carbocycles. The Kier molecular flexibility index (Phi) is 10.3. The van der Waals surface area contributed by atoms with Crippen LogP contribution in [0.25, 0.3) is 0 Å². The molecular formula is C46H57NO9. The van der Waals surface area contributed by atoms with Crippen molar-refractivity contribution in [3.05, 3.63) is 94.5 Å². The first kappa shape index (κ1) is 39.8. The van der Waals surface area contributed by atoms with Gasteiger partial charge in [0.2, 0.25) is 5.78 Å². The number of furan rings is 1. The summed E-state index contributed by atoms with van der Waals surface area (Å²) < 4.78 is 23.0. The molecule has 10 heteroatoms. The second-order valence-electron chi connectivity index (χ2n) is 17.8. The van der Waals surface area contributed by atoms with Crippen molar-refractivity contribution in [2.45, 2.75) is 122 Å². The van der Waals surface area contributed by atoms with Crippen LogP contribution in [-0.4, -0.2) is 70.8 Å². The topological polar surface area (TPSA) is 136 Å². The Bertz CT molecular complexity index is 2030. The molecule has 6 atom stereocenters. The minimum Gasteiger partial charge on any atom is -0.497 e. The number of ketones is 1. The van der Waals surface area contributed by atoms with Gasteiger partial charge in [0.1, 0.15) is 11.5 Å². The first-order valence-electron chi connectivity index (χ1n) is 20.0. The van der Waals surface area contributed by atoms with Crippen LogP contribution >= 0.6 is 0 Å². The molecular weight excluding hydrogens is 711 g/mol. The maximum atomic E-state index is 15.4. The van der Waals surface area contributed by atoms with Crippen LogP contribution in [0.4, 0.5) is 0 Å². The molecule has 300 valence electrons. The van der Waals surface area contributed by atoms with Crippen LogP contribution in [0, 0.1) is 16.2 Å². The Hall–Kier alpha value is -4.41. The van der Waals surface area contributed by atoms with Crippen LogP contribution in [0.2, 0.25) is 0 Å². The highest BCUT2D eigenvalue weighted by molar-refractivity contribution is 6.08. The molecule has 4 bridgehead atoms. The number of ether oxygens (including phenoxy) is 3. The van der Waals surface area contributed by atoms with E-state index in [9.17, 15) is 19.8 Å². The van der Waals surface area contributed by atoms with Gasteiger partial charge in [0.05, 0.1) is 44.1 Å². The number of fused-ring (bicyclic) bond motifs is 10. The van der Waals surface area contributed by atoms with Crippen LogP contribution in [0.1, 0.15) is 125 Å². The lowest BCUT2D eigenvalue weighted by molar-refractivity contribution is -0.178. The van der Waals surface area contributed by atoms with Crippen LogP contribution in [0.3, 0.4) is 0 Å². The number of hydrogen-bond acceptors (Lipinski definition) is 9. The zero-order valence-electron chi connectivity index (χ0n) is 33.9. The maximum Gasteiger partial charge on any atom is 0.313 e. The fraction of sp³-hybridized carbons (Fsp3) is 0.543. The number of nitrogens with zero attached hydrogens (tertiary/aromatic N) is 1. The highest BCUT2D eigenvalue weighted by Crippen LogP contribution is 2.66. The minimum atomic E-state index is -1.42. The average Bonchev–Trinajstić information content (AvgIpc) is 3.88. The highest BCUT2D eigenvalue weighted by atomic mass is 16.6. The molecule has 4 aliphatic carbocycles. The van der Waals surface area contributed by atoms with E-state index in [-0.39, 0.29) is 42.4 Å². The Morgan fingerprint density at radius 1 is 0.964 bits per heavy atom. The summed E-state index contributed by atoms with van der Waals surface area (Å²) in [5.74, 6) is 0.147. The van der Waals surface area contributed by atoms with Crippen molar-refractivity contribution < 1.29 is 43.2 Å². The quantitative estimate of drug-likeness (QED) is 0.128. The summed E-state index contributed by atoms with van der Waals surface area (Å²) in [5.41, 5.74) is -1.21. The predicted molar refractivity (Wildman–Crippen MR) is 210 cm³/mol. The Balaban J connectivity index is 1.34. The van der Waals surface area contributed by atoms with Gasteiger partial charge in [-0.3, -0.25) is 14.4 Å². The van der Waals surface area contributed by atoms with Gasteiger partial charge in [-0.1, -0.05) is 44.6 Å². The third-order valence-corrected chi connectivity index (χ3v) is 14.7. The smallest absolute Gasteiger partial charge is 0.313 e. The molecule has 5 aliphatic rings. The van der Waals surface area contributed by atoms with E-state index in [2.05, 4.69) is 19.9 Å². The third-order valence-electron chi connectivity index (χ3n) is 14.7. The van der Waals surface area contributed by atoms with E-state index < -0.39 is 33.6 Å². The molecule has 0 spiro atoms. The van der Waals surface area contributed by atoms with Crippen molar-refractivity contribution >= 4 is 17.7 Å². The van der Waals surface area contributed by atoms with Crippen molar-refractivity contribution in [1.82, 2.24) is 4.90 Å². The lowest BCUT2D eigenvalue weighted by atomic mass is 9.64. The van der Waals surface area contributed by atoms with Gasteiger partial charge in [-0.05, 0) is 119 Å². The van der Waals surface area contributed by atoms with Crippen molar-refractivity contribution in [2.75, 3.05) is 20.8 Å². The maximum absolute atomic E-state index is 15.4. The van der Waals surface area contributed by atoms with Gasteiger partial charge in [-0.15, -0.1) is 0 Å². The van der Waals surface area contributed by atoms with Gasteiger partial charge in [0.15, 0.2) is 11.4 Å². The molecule has 3 fully saturated rings. The average molecular weight is 768 g/mol. The first-order valence-corrected chi connectivity index (χ1v) is 20.0.